The zero-order chi connectivity index (χ0) is 21.0. The lowest BCUT2D eigenvalue weighted by Gasteiger charge is -2.41. The van der Waals surface area contributed by atoms with E-state index in [0.29, 0.717) is 25.3 Å². The lowest BCUT2D eigenvalue weighted by molar-refractivity contribution is -0.133. The number of hydrogen-bond donors (Lipinski definition) is 2. The second-order valence-corrected chi connectivity index (χ2v) is 8.12. The molecular weight excluding hydrogens is 374 g/mol. The van der Waals surface area contributed by atoms with Crippen LogP contribution in [0.5, 0.6) is 0 Å². The predicted octanol–water partition coefficient (Wildman–Crippen LogP) is 0.943. The summed E-state index contributed by atoms with van der Waals surface area (Å²) < 4.78 is 6.44. The van der Waals surface area contributed by atoms with Crippen molar-refractivity contribution in [3.8, 4) is 0 Å². The molecule has 0 radical (unpaired) electrons. The van der Waals surface area contributed by atoms with Gasteiger partial charge in [0.15, 0.2) is 5.69 Å². The Hall–Kier alpha value is -2.42. The Morgan fingerprint density at radius 3 is 2.72 bits per heavy atom. The number of nitrogens with zero attached hydrogens (tertiary/aromatic N) is 3. The summed E-state index contributed by atoms with van der Waals surface area (Å²) in [5.74, 6) is -0.831. The molecule has 0 saturated heterocycles. The molecule has 29 heavy (non-hydrogen) atoms. The zero-order valence-electron chi connectivity index (χ0n) is 17.5. The molecule has 1 aliphatic heterocycles. The Labute approximate surface area is 171 Å². The number of nitrogens with one attached hydrogen (secondary N) is 2. The van der Waals surface area contributed by atoms with E-state index in [1.54, 1.807) is 21.1 Å². The number of carbonyl (C=O) groups is 3. The Kier molecular flexibility index (Phi) is 6.56. The van der Waals surface area contributed by atoms with Crippen LogP contribution in [0.15, 0.2) is 6.07 Å². The lowest BCUT2D eigenvalue weighted by Crippen LogP contribution is -2.63. The molecule has 9 nitrogen and oxygen atoms in total. The van der Waals surface area contributed by atoms with Gasteiger partial charge in [-0.1, -0.05) is 19.3 Å². The van der Waals surface area contributed by atoms with Crippen molar-refractivity contribution in [1.82, 2.24) is 25.3 Å². The average molecular weight is 405 g/mol. The van der Waals surface area contributed by atoms with Crippen LogP contribution >= 0.6 is 0 Å². The van der Waals surface area contributed by atoms with E-state index in [1.165, 1.54) is 22.1 Å². The van der Waals surface area contributed by atoms with E-state index in [1.807, 2.05) is 0 Å². The average Bonchev–Trinajstić information content (AvgIpc) is 3.14. The van der Waals surface area contributed by atoms with E-state index in [4.69, 9.17) is 4.74 Å². The molecule has 2 N–H and O–H groups in total. The maximum absolute atomic E-state index is 13.1. The van der Waals surface area contributed by atoms with Gasteiger partial charge in [-0.05, 0) is 26.2 Å². The van der Waals surface area contributed by atoms with Crippen molar-refractivity contribution in [2.75, 3.05) is 27.3 Å². The van der Waals surface area contributed by atoms with Crippen molar-refractivity contribution in [2.45, 2.75) is 63.6 Å². The monoisotopic (exact) mass is 405 g/mol. The van der Waals surface area contributed by atoms with Crippen LogP contribution in [0.3, 0.4) is 0 Å². The molecule has 1 fully saturated rings. The van der Waals surface area contributed by atoms with E-state index in [-0.39, 0.29) is 36.0 Å². The van der Waals surface area contributed by atoms with E-state index in [0.717, 1.165) is 25.7 Å². The Morgan fingerprint density at radius 1 is 1.31 bits per heavy atom. The summed E-state index contributed by atoms with van der Waals surface area (Å²) in [6.45, 7) is 2.97. The second kappa shape index (κ2) is 8.94. The van der Waals surface area contributed by atoms with Crippen molar-refractivity contribution in [3.05, 3.63) is 17.5 Å². The molecule has 1 aliphatic carbocycles. The fourth-order valence-electron chi connectivity index (χ4n) is 3.93. The van der Waals surface area contributed by atoms with Gasteiger partial charge in [-0.2, -0.15) is 5.10 Å². The third-order valence-electron chi connectivity index (χ3n) is 5.97. The number of carbonyl (C=O) groups excluding carboxylic acids is 3. The highest BCUT2D eigenvalue weighted by molar-refractivity contribution is 6.01. The maximum Gasteiger partial charge on any atom is 0.272 e. The molecule has 0 bridgehead atoms. The zero-order valence-corrected chi connectivity index (χ0v) is 17.5. The van der Waals surface area contributed by atoms with Gasteiger partial charge in [-0.25, -0.2) is 0 Å². The van der Waals surface area contributed by atoms with Gasteiger partial charge in [-0.15, -0.1) is 0 Å². The van der Waals surface area contributed by atoms with Crippen molar-refractivity contribution >= 4 is 17.7 Å². The summed E-state index contributed by atoms with van der Waals surface area (Å²) >= 11 is 0. The molecule has 3 rings (SSSR count). The van der Waals surface area contributed by atoms with Gasteiger partial charge in [0.2, 0.25) is 5.91 Å². The van der Waals surface area contributed by atoms with E-state index < -0.39 is 5.54 Å². The fourth-order valence-corrected chi connectivity index (χ4v) is 3.93. The second-order valence-electron chi connectivity index (χ2n) is 8.12. The number of hydrogen-bond acceptors (Lipinski definition) is 5. The first-order chi connectivity index (χ1) is 13.9. The molecule has 2 aliphatic rings. The van der Waals surface area contributed by atoms with Crippen LogP contribution < -0.4 is 10.6 Å². The van der Waals surface area contributed by atoms with Gasteiger partial charge >= 0.3 is 0 Å². The van der Waals surface area contributed by atoms with Crippen molar-refractivity contribution in [2.24, 2.45) is 0 Å². The van der Waals surface area contributed by atoms with Gasteiger partial charge in [-0.3, -0.25) is 19.1 Å². The first kappa shape index (κ1) is 21.3. The molecule has 0 spiro atoms. The molecule has 1 atom stereocenters. The molecule has 2 heterocycles. The SMILES string of the molecule is COCCCNC(=O)c1cc2n(n1)C[C@](C)(C(=O)NC1CCCCC1)N(C)C2=O. The van der Waals surface area contributed by atoms with Crippen LogP contribution in [0.1, 0.15) is 66.4 Å². The molecule has 0 unspecified atom stereocenters. The molecule has 1 saturated carbocycles. The Balaban J connectivity index is 1.72. The van der Waals surface area contributed by atoms with Gasteiger partial charge in [0.1, 0.15) is 11.2 Å². The van der Waals surface area contributed by atoms with Crippen molar-refractivity contribution in [1.29, 1.82) is 0 Å². The normalized spacial score (nSPS) is 22.3. The third-order valence-corrected chi connectivity index (χ3v) is 5.97. The summed E-state index contributed by atoms with van der Waals surface area (Å²) in [5, 5.41) is 10.2. The van der Waals surface area contributed by atoms with Crippen molar-refractivity contribution in [3.63, 3.8) is 0 Å². The van der Waals surface area contributed by atoms with Crippen LogP contribution in [0.25, 0.3) is 0 Å². The van der Waals surface area contributed by atoms with E-state index in [9.17, 15) is 14.4 Å². The summed E-state index contributed by atoms with van der Waals surface area (Å²) in [7, 11) is 3.23. The molecular formula is C20H31N5O4. The lowest BCUT2D eigenvalue weighted by atomic mass is 9.92. The summed E-state index contributed by atoms with van der Waals surface area (Å²) in [5.41, 5.74) is -0.562. The molecule has 1 aromatic heterocycles. The Morgan fingerprint density at radius 2 is 2.03 bits per heavy atom. The van der Waals surface area contributed by atoms with Crippen LogP contribution in [0.2, 0.25) is 0 Å². The van der Waals surface area contributed by atoms with Crippen LogP contribution in [0, 0.1) is 0 Å². The first-order valence-electron chi connectivity index (χ1n) is 10.3. The van der Waals surface area contributed by atoms with Crippen molar-refractivity contribution < 1.29 is 19.1 Å². The van der Waals surface area contributed by atoms with Crippen LogP contribution in [-0.4, -0.2) is 71.3 Å². The van der Waals surface area contributed by atoms with Crippen LogP contribution in [-0.2, 0) is 16.1 Å². The standard InChI is InChI=1S/C20H31N5O4/c1-20(19(28)22-14-8-5-4-6-9-14)13-25-16(18(27)24(20)2)12-15(23-25)17(26)21-10-7-11-29-3/h12,14H,4-11,13H2,1-3H3,(H,21,26)(H,22,28)/t20-/m1/s1. The number of methoxy groups -OCH3 is 1. The van der Waals surface area contributed by atoms with E-state index in [2.05, 4.69) is 15.7 Å². The summed E-state index contributed by atoms with van der Waals surface area (Å²) in [6.07, 6.45) is 6.07. The van der Waals surface area contributed by atoms with Gasteiger partial charge in [0, 0.05) is 39.4 Å². The number of aromatic nitrogens is 2. The minimum atomic E-state index is -1.06. The highest BCUT2D eigenvalue weighted by Crippen LogP contribution is 2.27. The van der Waals surface area contributed by atoms with Gasteiger partial charge < -0.3 is 20.3 Å². The Bertz CT molecular complexity index is 771. The number of rotatable bonds is 7. The number of likely N-dealkylation sites (N-methyl/N-ethyl adjacent to an activating group) is 1. The maximum atomic E-state index is 13.1. The molecule has 1 aromatic rings. The minimum Gasteiger partial charge on any atom is -0.385 e. The topological polar surface area (TPSA) is 106 Å². The summed E-state index contributed by atoms with van der Waals surface area (Å²) in [4.78, 5) is 39.8. The van der Waals surface area contributed by atoms with Crippen LogP contribution in [0.4, 0.5) is 0 Å². The molecule has 0 aromatic carbocycles. The molecule has 9 heteroatoms. The molecule has 3 amide bonds. The highest BCUT2D eigenvalue weighted by Gasteiger charge is 2.46. The van der Waals surface area contributed by atoms with E-state index >= 15 is 0 Å². The first-order valence-corrected chi connectivity index (χ1v) is 10.3. The largest absolute Gasteiger partial charge is 0.385 e. The fraction of sp³-hybridized carbons (Fsp3) is 0.700. The summed E-state index contributed by atoms with van der Waals surface area (Å²) in [6, 6.07) is 1.65. The molecule has 160 valence electrons. The van der Waals surface area contributed by atoms with Gasteiger partial charge in [0.25, 0.3) is 11.8 Å². The number of ether oxygens (including phenoxy) is 1. The number of fused-ring (bicyclic) bond motifs is 1. The third kappa shape index (κ3) is 4.44. The number of amides is 3. The minimum absolute atomic E-state index is 0.157. The smallest absolute Gasteiger partial charge is 0.272 e. The predicted molar refractivity (Wildman–Crippen MR) is 107 cm³/mol. The van der Waals surface area contributed by atoms with Gasteiger partial charge in [0.05, 0.1) is 6.54 Å². The highest BCUT2D eigenvalue weighted by atomic mass is 16.5. The quantitative estimate of drug-likeness (QED) is 0.657.